The van der Waals surface area contributed by atoms with Crippen molar-refractivity contribution in [2.24, 2.45) is 45.8 Å². The van der Waals surface area contributed by atoms with E-state index in [2.05, 4.69) is 44.0 Å². The van der Waals surface area contributed by atoms with E-state index in [4.69, 9.17) is 4.74 Å². The van der Waals surface area contributed by atoms with Gasteiger partial charge < -0.3 is 14.7 Å². The summed E-state index contributed by atoms with van der Waals surface area (Å²) >= 11 is 0. The summed E-state index contributed by atoms with van der Waals surface area (Å²) in [4.78, 5) is 42.6. The summed E-state index contributed by atoms with van der Waals surface area (Å²) in [6, 6.07) is 9.99. The lowest BCUT2D eigenvalue weighted by atomic mass is 9.44. The Morgan fingerprint density at radius 3 is 2.52 bits per heavy atom. The number of amides is 2. The Kier molecular flexibility index (Phi) is 8.49. The van der Waals surface area contributed by atoms with Gasteiger partial charge in [-0.3, -0.25) is 14.9 Å². The Morgan fingerprint density at radius 1 is 1.10 bits per heavy atom. The average Bonchev–Trinajstić information content (AvgIpc) is 3.32. The number of carbonyl (C=O) groups is 3. The van der Waals surface area contributed by atoms with Gasteiger partial charge in [-0.2, -0.15) is 0 Å². The molecule has 7 heteroatoms. The predicted octanol–water partition coefficient (Wildman–Crippen LogP) is 5.72. The van der Waals surface area contributed by atoms with Gasteiger partial charge in [0, 0.05) is 29.7 Å². The summed E-state index contributed by atoms with van der Waals surface area (Å²) in [7, 11) is 1.99. The van der Waals surface area contributed by atoms with Crippen molar-refractivity contribution in [3.8, 4) is 0 Å². The third-order valence-corrected chi connectivity index (χ3v) is 12.3. The van der Waals surface area contributed by atoms with E-state index in [0.717, 1.165) is 37.8 Å². The molecule has 2 bridgehead atoms. The van der Waals surface area contributed by atoms with Gasteiger partial charge in [-0.1, -0.05) is 77.1 Å². The SMILES string of the molecule is C[C@@H]1CCC23CCC(=O)C2[C@]1(C)[C@H](OC(=O)NC(=O)[C@H]1CN(C)CC[C@@H]1C)C[C@@](C)(/C=C/c1ccccc1)[C@@H](O)[C@@H]3C. The van der Waals surface area contributed by atoms with Crippen LogP contribution < -0.4 is 5.32 Å². The average molecular weight is 579 g/mol. The molecule has 10 atom stereocenters. The van der Waals surface area contributed by atoms with Crippen molar-refractivity contribution < 1.29 is 24.2 Å². The molecule has 3 aliphatic carbocycles. The minimum atomic E-state index is -0.752. The number of hydrogen-bond acceptors (Lipinski definition) is 6. The monoisotopic (exact) mass is 578 g/mol. The van der Waals surface area contributed by atoms with Gasteiger partial charge in [-0.15, -0.1) is 0 Å². The van der Waals surface area contributed by atoms with Crippen molar-refractivity contribution >= 4 is 23.9 Å². The van der Waals surface area contributed by atoms with Gasteiger partial charge in [0.15, 0.2) is 0 Å². The maximum atomic E-state index is 13.7. The van der Waals surface area contributed by atoms with Crippen LogP contribution in [0.5, 0.6) is 0 Å². The van der Waals surface area contributed by atoms with Crippen LogP contribution in [0.15, 0.2) is 36.4 Å². The van der Waals surface area contributed by atoms with Crippen molar-refractivity contribution in [2.75, 3.05) is 20.1 Å². The lowest BCUT2D eigenvalue weighted by Gasteiger charge is -2.61. The molecule has 2 N–H and O–H groups in total. The Morgan fingerprint density at radius 2 is 1.81 bits per heavy atom. The molecular weight excluding hydrogens is 528 g/mol. The van der Waals surface area contributed by atoms with Gasteiger partial charge in [0.2, 0.25) is 5.91 Å². The van der Waals surface area contributed by atoms with Gasteiger partial charge in [0.25, 0.3) is 0 Å². The maximum absolute atomic E-state index is 13.7. The molecule has 42 heavy (non-hydrogen) atoms. The zero-order valence-electron chi connectivity index (χ0n) is 26.3. The summed E-state index contributed by atoms with van der Waals surface area (Å²) in [6.45, 7) is 12.1. The molecule has 3 saturated carbocycles. The summed E-state index contributed by atoms with van der Waals surface area (Å²) in [5.41, 5.74) is -0.677. The van der Waals surface area contributed by atoms with Crippen LogP contribution in [0.4, 0.5) is 4.79 Å². The first-order valence-corrected chi connectivity index (χ1v) is 16.0. The minimum absolute atomic E-state index is 0.104. The van der Waals surface area contributed by atoms with E-state index in [-0.39, 0.29) is 46.7 Å². The summed E-state index contributed by atoms with van der Waals surface area (Å²) in [5, 5.41) is 14.7. The van der Waals surface area contributed by atoms with Gasteiger partial charge in [0.05, 0.1) is 12.0 Å². The zero-order valence-corrected chi connectivity index (χ0v) is 26.3. The molecular formula is C35H50N2O5. The lowest BCUT2D eigenvalue weighted by molar-refractivity contribution is -0.191. The molecule has 0 radical (unpaired) electrons. The lowest BCUT2D eigenvalue weighted by Crippen LogP contribution is -2.63. The molecule has 230 valence electrons. The number of rotatable bonds is 4. The molecule has 1 aromatic carbocycles. The van der Waals surface area contributed by atoms with Crippen LogP contribution in [0.3, 0.4) is 0 Å². The molecule has 1 aromatic rings. The normalized spacial score (nSPS) is 42.5. The fraction of sp³-hybridized carbons (Fsp3) is 0.686. The molecule has 1 aliphatic heterocycles. The Hall–Kier alpha value is -2.51. The number of hydrogen-bond donors (Lipinski definition) is 2. The Balaban J connectivity index is 1.51. The highest BCUT2D eigenvalue weighted by Gasteiger charge is 2.68. The second-order valence-corrected chi connectivity index (χ2v) is 14.6. The topological polar surface area (TPSA) is 95.9 Å². The van der Waals surface area contributed by atoms with Crippen LogP contribution in [0, 0.1) is 45.8 Å². The smallest absolute Gasteiger partial charge is 0.414 e. The van der Waals surface area contributed by atoms with E-state index >= 15 is 0 Å². The van der Waals surface area contributed by atoms with Gasteiger partial charge in [-0.05, 0) is 74.4 Å². The third-order valence-electron chi connectivity index (χ3n) is 12.3. The molecule has 4 fully saturated rings. The van der Waals surface area contributed by atoms with Gasteiger partial charge in [0.1, 0.15) is 11.9 Å². The van der Waals surface area contributed by atoms with Crippen LogP contribution in [0.2, 0.25) is 0 Å². The molecule has 4 aliphatic rings. The van der Waals surface area contributed by atoms with Crippen molar-refractivity contribution in [2.45, 2.75) is 85.4 Å². The van der Waals surface area contributed by atoms with E-state index in [0.29, 0.717) is 19.4 Å². The van der Waals surface area contributed by atoms with Crippen molar-refractivity contribution in [3.63, 3.8) is 0 Å². The number of aliphatic hydroxyl groups is 1. The quantitative estimate of drug-likeness (QED) is 0.475. The van der Waals surface area contributed by atoms with Crippen molar-refractivity contribution in [1.82, 2.24) is 10.2 Å². The highest BCUT2D eigenvalue weighted by Crippen LogP contribution is 2.68. The summed E-state index contributed by atoms with van der Waals surface area (Å²) < 4.78 is 6.31. The highest BCUT2D eigenvalue weighted by atomic mass is 16.6. The molecule has 5 rings (SSSR count). The number of carbonyl (C=O) groups excluding carboxylic acids is 3. The Labute approximate surface area is 251 Å². The number of benzene rings is 1. The van der Waals surface area contributed by atoms with Crippen LogP contribution in [0.1, 0.15) is 78.7 Å². The van der Waals surface area contributed by atoms with Crippen molar-refractivity contribution in [1.29, 1.82) is 0 Å². The highest BCUT2D eigenvalue weighted by molar-refractivity contribution is 5.93. The number of piperidine rings is 1. The first-order valence-electron chi connectivity index (χ1n) is 16.0. The Bertz CT molecular complexity index is 1220. The number of ketones is 1. The van der Waals surface area contributed by atoms with Crippen LogP contribution >= 0.6 is 0 Å². The number of ether oxygens (including phenoxy) is 1. The largest absolute Gasteiger partial charge is 0.445 e. The molecule has 1 saturated heterocycles. The van der Waals surface area contributed by atoms with Crippen LogP contribution in [-0.4, -0.2) is 60.1 Å². The van der Waals surface area contributed by atoms with E-state index in [1.54, 1.807) is 0 Å². The van der Waals surface area contributed by atoms with Crippen LogP contribution in [0.25, 0.3) is 6.08 Å². The van der Waals surface area contributed by atoms with Crippen molar-refractivity contribution in [3.05, 3.63) is 42.0 Å². The number of aliphatic hydroxyl groups excluding tert-OH is 1. The van der Waals surface area contributed by atoms with E-state index in [1.807, 2.05) is 50.4 Å². The number of alkyl carbamates (subject to hydrolysis) is 1. The minimum Gasteiger partial charge on any atom is -0.445 e. The molecule has 0 spiro atoms. The molecule has 7 nitrogen and oxygen atoms in total. The summed E-state index contributed by atoms with van der Waals surface area (Å²) in [5.74, 6) is -0.485. The van der Waals surface area contributed by atoms with E-state index in [1.165, 1.54) is 0 Å². The standard InChI is InChI=1S/C35H50N2O5/c1-22-15-19-37(6)21-26(22)31(40)36-32(41)42-28-20-33(4,16-13-25-10-8-7-9-11-25)30(39)24(3)35-17-12-23(2)34(28,5)29(35)27(38)14-18-35/h7-11,13,16,22-24,26,28-30,39H,12,14-15,17-21H2,1-6H3,(H,36,40,41)/b16-13+/t22-,23+,24-,26-,28+,29?,30-,33+,34-,35?/m0/s1. The van der Waals surface area contributed by atoms with Crippen LogP contribution in [-0.2, 0) is 14.3 Å². The summed E-state index contributed by atoms with van der Waals surface area (Å²) in [6.07, 6.45) is 6.23. The van der Waals surface area contributed by atoms with Gasteiger partial charge >= 0.3 is 6.09 Å². The van der Waals surface area contributed by atoms with E-state index < -0.39 is 29.1 Å². The first kappa shape index (κ1) is 30.9. The first-order chi connectivity index (χ1) is 19.8. The number of nitrogens with one attached hydrogen (secondary N) is 1. The predicted molar refractivity (Wildman–Crippen MR) is 163 cm³/mol. The molecule has 2 amide bonds. The number of nitrogens with zero attached hydrogens (tertiary/aromatic N) is 1. The molecule has 2 unspecified atom stereocenters. The number of imide groups is 1. The second kappa shape index (κ2) is 11.5. The van der Waals surface area contributed by atoms with Gasteiger partial charge in [-0.25, -0.2) is 4.79 Å². The fourth-order valence-electron chi connectivity index (χ4n) is 9.24. The number of likely N-dealkylation sites (tertiary alicyclic amines) is 1. The second-order valence-electron chi connectivity index (χ2n) is 14.6. The maximum Gasteiger partial charge on any atom is 0.414 e. The van der Waals surface area contributed by atoms with E-state index in [9.17, 15) is 19.5 Å². The molecule has 0 aromatic heterocycles. The number of Topliss-reactive ketones (excluding diaryl/α,β-unsaturated/α-hetero) is 1. The third kappa shape index (κ3) is 5.25. The molecule has 1 heterocycles. The zero-order chi connectivity index (χ0) is 30.4. The fourth-order valence-corrected chi connectivity index (χ4v) is 9.24.